The maximum absolute atomic E-state index is 6.45. The van der Waals surface area contributed by atoms with Crippen molar-refractivity contribution in [3.8, 4) is 10.4 Å². The van der Waals surface area contributed by atoms with Gasteiger partial charge in [0.05, 0.1) is 11.7 Å². The summed E-state index contributed by atoms with van der Waals surface area (Å²) in [5.74, 6) is 0.548. The standard InChI is InChI=1S/C21H28OS/c1-4-5-7-19-18(13-14-21(2,3)22-19)16-9-11-17(12-10-16)20-8-6-15-23-20/h6,8-12,15,18-19H,4-5,7,13-14H2,1-3H3/t18-,19+/m1/s1. The van der Waals surface area contributed by atoms with Gasteiger partial charge in [-0.05, 0) is 55.7 Å². The minimum absolute atomic E-state index is 0.0335. The molecule has 1 aliphatic rings. The Kier molecular flexibility index (Phi) is 5.23. The van der Waals surface area contributed by atoms with Crippen molar-refractivity contribution in [3.05, 3.63) is 47.3 Å². The average molecular weight is 329 g/mol. The molecule has 1 aromatic heterocycles. The highest BCUT2D eigenvalue weighted by Gasteiger charge is 2.35. The molecule has 1 aliphatic heterocycles. The number of ether oxygens (including phenoxy) is 1. The van der Waals surface area contributed by atoms with Gasteiger partial charge in [-0.25, -0.2) is 0 Å². The van der Waals surface area contributed by atoms with Gasteiger partial charge in [0.15, 0.2) is 0 Å². The summed E-state index contributed by atoms with van der Waals surface area (Å²) in [7, 11) is 0. The van der Waals surface area contributed by atoms with Crippen molar-refractivity contribution in [1.29, 1.82) is 0 Å². The van der Waals surface area contributed by atoms with Gasteiger partial charge in [-0.2, -0.15) is 0 Å². The van der Waals surface area contributed by atoms with E-state index in [0.717, 1.165) is 6.42 Å². The lowest BCUT2D eigenvalue weighted by molar-refractivity contribution is -0.120. The SMILES string of the molecule is CCCC[C@@H]1OC(C)(C)CC[C@@H]1c1ccc(-c2cccs2)cc1. The highest BCUT2D eigenvalue weighted by Crippen LogP contribution is 2.40. The molecule has 0 saturated carbocycles. The smallest absolute Gasteiger partial charge is 0.0650 e. The first-order valence-corrected chi connectivity index (χ1v) is 9.79. The Morgan fingerprint density at radius 2 is 1.96 bits per heavy atom. The minimum atomic E-state index is 0.0335. The van der Waals surface area contributed by atoms with Crippen molar-refractivity contribution in [1.82, 2.24) is 0 Å². The fourth-order valence-electron chi connectivity index (χ4n) is 3.62. The summed E-state index contributed by atoms with van der Waals surface area (Å²) in [6, 6.07) is 13.5. The zero-order valence-corrected chi connectivity index (χ0v) is 15.4. The lowest BCUT2D eigenvalue weighted by Crippen LogP contribution is -2.39. The quantitative estimate of drug-likeness (QED) is 0.597. The maximum Gasteiger partial charge on any atom is 0.0650 e. The zero-order chi connectivity index (χ0) is 16.3. The molecule has 0 N–H and O–H groups in total. The Hall–Kier alpha value is -1.12. The van der Waals surface area contributed by atoms with Crippen molar-refractivity contribution < 1.29 is 4.74 Å². The van der Waals surface area contributed by atoms with Crippen LogP contribution in [-0.2, 0) is 4.74 Å². The highest BCUT2D eigenvalue weighted by atomic mass is 32.1. The van der Waals surface area contributed by atoms with Gasteiger partial charge in [0.25, 0.3) is 0 Å². The Morgan fingerprint density at radius 1 is 1.17 bits per heavy atom. The van der Waals surface area contributed by atoms with Crippen LogP contribution >= 0.6 is 11.3 Å². The van der Waals surface area contributed by atoms with Gasteiger partial charge < -0.3 is 4.74 Å². The third-order valence-electron chi connectivity index (χ3n) is 4.96. The molecule has 2 heteroatoms. The van der Waals surface area contributed by atoms with Gasteiger partial charge in [-0.1, -0.05) is 50.1 Å². The van der Waals surface area contributed by atoms with E-state index in [1.165, 1.54) is 41.7 Å². The first-order chi connectivity index (χ1) is 11.1. The van der Waals surface area contributed by atoms with E-state index in [1.54, 1.807) is 11.3 Å². The first kappa shape index (κ1) is 16.7. The van der Waals surface area contributed by atoms with Crippen molar-refractivity contribution in [2.75, 3.05) is 0 Å². The molecule has 0 bridgehead atoms. The second-order valence-corrected chi connectivity index (χ2v) is 8.25. The lowest BCUT2D eigenvalue weighted by atomic mass is 9.80. The molecule has 0 amide bonds. The topological polar surface area (TPSA) is 9.23 Å². The molecule has 23 heavy (non-hydrogen) atoms. The summed E-state index contributed by atoms with van der Waals surface area (Å²) in [5.41, 5.74) is 2.80. The molecule has 1 fully saturated rings. The largest absolute Gasteiger partial charge is 0.372 e. The number of hydrogen-bond donors (Lipinski definition) is 0. The van der Waals surface area contributed by atoms with Crippen LogP contribution in [0.15, 0.2) is 41.8 Å². The van der Waals surface area contributed by atoms with Crippen LogP contribution in [0, 0.1) is 0 Å². The molecule has 1 aromatic carbocycles. The third-order valence-corrected chi connectivity index (χ3v) is 5.88. The summed E-state index contributed by atoms with van der Waals surface area (Å²) in [6.07, 6.45) is 6.42. The van der Waals surface area contributed by atoms with E-state index in [2.05, 4.69) is 62.5 Å². The molecule has 2 heterocycles. The van der Waals surface area contributed by atoms with Crippen molar-refractivity contribution >= 4 is 11.3 Å². The fraction of sp³-hybridized carbons (Fsp3) is 0.524. The zero-order valence-electron chi connectivity index (χ0n) is 14.5. The van der Waals surface area contributed by atoms with Crippen LogP contribution in [0.5, 0.6) is 0 Å². The summed E-state index contributed by atoms with van der Waals surface area (Å²) in [4.78, 5) is 1.35. The molecule has 0 unspecified atom stereocenters. The van der Waals surface area contributed by atoms with E-state index in [1.807, 2.05) is 0 Å². The van der Waals surface area contributed by atoms with E-state index in [0.29, 0.717) is 12.0 Å². The molecule has 124 valence electrons. The molecule has 3 rings (SSSR count). The van der Waals surface area contributed by atoms with Crippen molar-refractivity contribution in [3.63, 3.8) is 0 Å². The van der Waals surface area contributed by atoms with Crippen LogP contribution in [0.4, 0.5) is 0 Å². The molecule has 0 radical (unpaired) electrons. The van der Waals surface area contributed by atoms with E-state index < -0.39 is 0 Å². The second-order valence-electron chi connectivity index (χ2n) is 7.30. The van der Waals surface area contributed by atoms with Gasteiger partial charge in [0.1, 0.15) is 0 Å². The van der Waals surface area contributed by atoms with Gasteiger partial charge >= 0.3 is 0 Å². The van der Waals surface area contributed by atoms with E-state index in [-0.39, 0.29) is 5.60 Å². The molecule has 0 aliphatic carbocycles. The summed E-state index contributed by atoms with van der Waals surface area (Å²) >= 11 is 1.80. The van der Waals surface area contributed by atoms with E-state index in [4.69, 9.17) is 4.74 Å². The van der Waals surface area contributed by atoms with Gasteiger partial charge in [0.2, 0.25) is 0 Å². The number of unbranched alkanes of at least 4 members (excludes halogenated alkanes) is 1. The number of hydrogen-bond acceptors (Lipinski definition) is 2. The number of benzene rings is 1. The van der Waals surface area contributed by atoms with Crippen molar-refractivity contribution in [2.24, 2.45) is 0 Å². The average Bonchev–Trinajstić information content (AvgIpc) is 3.07. The Morgan fingerprint density at radius 3 is 2.61 bits per heavy atom. The molecule has 2 atom stereocenters. The van der Waals surface area contributed by atoms with E-state index >= 15 is 0 Å². The van der Waals surface area contributed by atoms with Crippen LogP contribution in [0.3, 0.4) is 0 Å². The molecule has 1 nitrogen and oxygen atoms in total. The van der Waals surface area contributed by atoms with Crippen LogP contribution in [0.1, 0.15) is 64.4 Å². The predicted molar refractivity (Wildman–Crippen MR) is 100 cm³/mol. The molecule has 1 saturated heterocycles. The van der Waals surface area contributed by atoms with Crippen LogP contribution in [-0.4, -0.2) is 11.7 Å². The summed E-state index contributed by atoms with van der Waals surface area (Å²) in [6.45, 7) is 6.74. The van der Waals surface area contributed by atoms with Gasteiger partial charge in [0, 0.05) is 10.8 Å². The third kappa shape index (κ3) is 4.05. The van der Waals surface area contributed by atoms with Crippen LogP contribution < -0.4 is 0 Å². The van der Waals surface area contributed by atoms with Crippen LogP contribution in [0.25, 0.3) is 10.4 Å². The Balaban J connectivity index is 1.78. The Bertz CT molecular complexity index is 597. The van der Waals surface area contributed by atoms with Gasteiger partial charge in [-0.15, -0.1) is 11.3 Å². The lowest BCUT2D eigenvalue weighted by Gasteiger charge is -2.41. The second kappa shape index (κ2) is 7.19. The first-order valence-electron chi connectivity index (χ1n) is 8.91. The van der Waals surface area contributed by atoms with Crippen LogP contribution in [0.2, 0.25) is 0 Å². The number of thiophene rings is 1. The predicted octanol–water partition coefficient (Wildman–Crippen LogP) is 6.65. The highest BCUT2D eigenvalue weighted by molar-refractivity contribution is 7.13. The Labute approximate surface area is 144 Å². The number of rotatable bonds is 5. The fourth-order valence-corrected chi connectivity index (χ4v) is 4.36. The van der Waals surface area contributed by atoms with Crippen molar-refractivity contribution in [2.45, 2.75) is 70.5 Å². The molecular weight excluding hydrogens is 300 g/mol. The van der Waals surface area contributed by atoms with Gasteiger partial charge in [-0.3, -0.25) is 0 Å². The van der Waals surface area contributed by atoms with E-state index in [9.17, 15) is 0 Å². The molecular formula is C21H28OS. The molecule has 0 spiro atoms. The monoisotopic (exact) mass is 328 g/mol. The summed E-state index contributed by atoms with van der Waals surface area (Å²) in [5, 5.41) is 2.14. The normalized spacial score (nSPS) is 23.8. The minimum Gasteiger partial charge on any atom is -0.372 e. The summed E-state index contributed by atoms with van der Waals surface area (Å²) < 4.78 is 6.45. The maximum atomic E-state index is 6.45. The molecule has 2 aromatic rings.